The molecule has 0 radical (unpaired) electrons. The van der Waals surface area contributed by atoms with E-state index in [2.05, 4.69) is 10.3 Å². The van der Waals surface area contributed by atoms with Crippen LogP contribution in [0, 0.1) is 5.92 Å². The molecule has 9 nitrogen and oxygen atoms in total. The summed E-state index contributed by atoms with van der Waals surface area (Å²) >= 11 is 0. The molecule has 0 saturated carbocycles. The molecule has 2 aliphatic rings. The van der Waals surface area contributed by atoms with Crippen molar-refractivity contribution in [1.29, 1.82) is 0 Å². The van der Waals surface area contributed by atoms with Crippen LogP contribution >= 0.6 is 0 Å². The second-order valence-corrected chi connectivity index (χ2v) is 16.0. The summed E-state index contributed by atoms with van der Waals surface area (Å²) in [7, 11) is -1.21. The van der Waals surface area contributed by atoms with E-state index in [1.807, 2.05) is 68.7 Å². The molecule has 2 amide bonds. The molecule has 2 aliphatic heterocycles. The molecule has 1 fully saturated rings. The second-order valence-electron chi connectivity index (χ2n) is 12.0. The third-order valence-corrected chi connectivity index (χ3v) is 11.1. The largest absolute Gasteiger partial charge is 0.490 e. The van der Waals surface area contributed by atoms with Crippen LogP contribution in [-0.4, -0.2) is 72.3 Å². The van der Waals surface area contributed by atoms with Crippen LogP contribution in [0.1, 0.15) is 43.4 Å². The highest BCUT2D eigenvalue weighted by molar-refractivity contribution is 6.71. The number of carbonyl (C=O) groups excluding carboxylic acids is 2. The van der Waals surface area contributed by atoms with Gasteiger partial charge >= 0.3 is 0 Å². The molecular formula is C31H41N3O6Si. The van der Waals surface area contributed by atoms with Gasteiger partial charge in [-0.05, 0) is 55.8 Å². The number of rotatable bonds is 9. The number of anilines is 1. The highest BCUT2D eigenvalue weighted by Gasteiger charge is 2.48. The lowest BCUT2D eigenvalue weighted by atomic mass is 9.86. The number of amides is 2. The predicted octanol–water partition coefficient (Wildman–Crippen LogP) is 4.37. The number of hydrogen-bond donors (Lipinski definition) is 4. The molecule has 0 bridgehead atoms. The van der Waals surface area contributed by atoms with Crippen LogP contribution in [0.25, 0.3) is 10.9 Å². The minimum atomic E-state index is -2.86. The van der Waals surface area contributed by atoms with Crippen LogP contribution in [0.4, 0.5) is 5.69 Å². The van der Waals surface area contributed by atoms with Gasteiger partial charge in [0.1, 0.15) is 11.9 Å². The molecule has 220 valence electrons. The quantitative estimate of drug-likeness (QED) is 0.279. The summed E-state index contributed by atoms with van der Waals surface area (Å²) < 4.78 is 12.5. The summed E-state index contributed by atoms with van der Waals surface area (Å²) in [5.74, 6) is 0.291. The topological polar surface area (TPSA) is 124 Å². The molecule has 10 heteroatoms. The van der Waals surface area contributed by atoms with E-state index in [1.165, 1.54) is 0 Å². The van der Waals surface area contributed by atoms with Gasteiger partial charge in [-0.3, -0.25) is 9.59 Å². The fourth-order valence-electron chi connectivity index (χ4n) is 6.54. The molecule has 41 heavy (non-hydrogen) atoms. The smallest absolute Gasteiger partial charge is 0.228 e. The number of H-pyrrole nitrogens is 1. The van der Waals surface area contributed by atoms with E-state index in [-0.39, 0.29) is 54.9 Å². The van der Waals surface area contributed by atoms with Crippen LogP contribution in [0.2, 0.25) is 18.6 Å². The number of methoxy groups -OCH3 is 1. The number of likely N-dealkylation sites (tertiary alicyclic amines) is 1. The van der Waals surface area contributed by atoms with E-state index < -0.39 is 14.4 Å². The zero-order valence-electron chi connectivity index (χ0n) is 24.2. The van der Waals surface area contributed by atoms with Gasteiger partial charge < -0.3 is 34.6 Å². The summed E-state index contributed by atoms with van der Waals surface area (Å²) in [5.41, 5.74) is 3.03. The molecule has 4 N–H and O–H groups in total. The summed E-state index contributed by atoms with van der Waals surface area (Å²) in [6, 6.07) is 13.3. The molecule has 1 aromatic heterocycles. The summed E-state index contributed by atoms with van der Waals surface area (Å²) in [6.07, 6.45) is 3.16. The van der Waals surface area contributed by atoms with Crippen molar-refractivity contribution in [3.8, 4) is 5.75 Å². The van der Waals surface area contributed by atoms with Gasteiger partial charge in [0.05, 0.1) is 25.2 Å². The number of nitrogens with zero attached hydrogens (tertiary/aromatic N) is 1. The lowest BCUT2D eigenvalue weighted by molar-refractivity contribution is -0.133. The van der Waals surface area contributed by atoms with Crippen LogP contribution in [0.15, 0.2) is 48.7 Å². The monoisotopic (exact) mass is 579 g/mol. The van der Waals surface area contributed by atoms with Crippen molar-refractivity contribution in [2.45, 2.75) is 69.5 Å². The van der Waals surface area contributed by atoms with Crippen LogP contribution in [0.5, 0.6) is 5.75 Å². The number of aliphatic hydroxyl groups is 1. The van der Waals surface area contributed by atoms with Crippen molar-refractivity contribution < 1.29 is 29.0 Å². The molecular weight excluding hydrogens is 538 g/mol. The first-order chi connectivity index (χ1) is 19.6. The van der Waals surface area contributed by atoms with Crippen molar-refractivity contribution in [2.75, 3.05) is 25.6 Å². The molecule has 3 aromatic rings. The molecule has 0 aliphatic carbocycles. The Bertz CT molecular complexity index is 1400. The number of nitrogens with one attached hydrogen (secondary N) is 2. The SMILES string of the molecule is CO[C@H]1c2cc(NC(=O)Cc3c[nH]c4ccccc34)ccc2O[C@@H](C(CC(=O)N2CCC[C@H]2CO)[Si](C)(C)O)[C@@H]1C. The average molecular weight is 580 g/mol. The zero-order valence-corrected chi connectivity index (χ0v) is 25.2. The number of carbonyl (C=O) groups is 2. The number of benzene rings is 2. The number of aromatic amines is 1. The number of hydrogen-bond acceptors (Lipinski definition) is 6. The summed E-state index contributed by atoms with van der Waals surface area (Å²) in [5, 5.41) is 13.8. The number of aliphatic hydroxyl groups excluding tert-OH is 1. The summed E-state index contributed by atoms with van der Waals surface area (Å²) in [6.45, 7) is 6.29. The minimum Gasteiger partial charge on any atom is -0.490 e. The standard InChI is InChI=1S/C31H41N3O6Si/c1-19-30(39-2)24-15-21(33-28(36)14-20-17-32-25-10-6-5-9-23(20)25)11-12-26(24)40-31(19)27(41(3,4)38)16-29(37)34-13-7-8-22(34)18-35/h5-6,9-12,15,17,19,22,27,30-32,35,38H,7-8,13-14,16,18H2,1-4H3,(H,33,36)/t19-,22+,27?,30-,31-/m1/s1. The highest BCUT2D eigenvalue weighted by atomic mass is 28.4. The van der Waals surface area contributed by atoms with Crippen LogP contribution in [0.3, 0.4) is 0 Å². The third kappa shape index (κ3) is 6.06. The van der Waals surface area contributed by atoms with Gasteiger partial charge in [0.25, 0.3) is 0 Å². The Balaban J connectivity index is 1.34. The maximum Gasteiger partial charge on any atom is 0.228 e. The Labute approximate surface area is 242 Å². The van der Waals surface area contributed by atoms with Gasteiger partial charge in [0, 0.05) is 59.9 Å². The van der Waals surface area contributed by atoms with E-state index in [0.717, 1.165) is 34.9 Å². The van der Waals surface area contributed by atoms with Gasteiger partial charge in [-0.2, -0.15) is 0 Å². The zero-order chi connectivity index (χ0) is 29.3. The Morgan fingerprint density at radius 3 is 2.76 bits per heavy atom. The maximum atomic E-state index is 13.3. The van der Waals surface area contributed by atoms with Crippen molar-refractivity contribution >= 4 is 36.7 Å². The normalized spacial score (nSPS) is 23.2. The fraction of sp³-hybridized carbons (Fsp3) is 0.484. The van der Waals surface area contributed by atoms with E-state index in [9.17, 15) is 19.5 Å². The van der Waals surface area contributed by atoms with E-state index >= 15 is 0 Å². The van der Waals surface area contributed by atoms with Crippen molar-refractivity contribution in [1.82, 2.24) is 9.88 Å². The first-order valence-electron chi connectivity index (χ1n) is 14.4. The first-order valence-corrected chi connectivity index (χ1v) is 17.4. The molecule has 1 unspecified atom stereocenters. The van der Waals surface area contributed by atoms with Crippen LogP contribution < -0.4 is 10.1 Å². The Hall–Kier alpha value is -3.18. The molecule has 3 heterocycles. The first kappa shape index (κ1) is 29.3. The van der Waals surface area contributed by atoms with Gasteiger partial charge in [0.15, 0.2) is 8.32 Å². The number of para-hydroxylation sites is 1. The van der Waals surface area contributed by atoms with Crippen LogP contribution in [-0.2, 0) is 20.7 Å². The van der Waals surface area contributed by atoms with Gasteiger partial charge in [-0.15, -0.1) is 0 Å². The Morgan fingerprint density at radius 2 is 2.02 bits per heavy atom. The predicted molar refractivity (Wildman–Crippen MR) is 160 cm³/mol. The maximum absolute atomic E-state index is 13.3. The fourth-order valence-corrected chi connectivity index (χ4v) is 8.39. The van der Waals surface area contributed by atoms with Crippen molar-refractivity contribution in [2.24, 2.45) is 5.92 Å². The second kappa shape index (κ2) is 12.0. The molecule has 5 atom stereocenters. The van der Waals surface area contributed by atoms with E-state index in [4.69, 9.17) is 9.47 Å². The molecule has 5 rings (SSSR count). The Kier molecular flexibility index (Phi) is 8.56. The molecule has 0 spiro atoms. The highest BCUT2D eigenvalue weighted by Crippen LogP contribution is 2.47. The number of fused-ring (bicyclic) bond motifs is 2. The third-order valence-electron chi connectivity index (χ3n) is 8.75. The minimum absolute atomic E-state index is 0.0491. The number of ether oxygens (including phenoxy) is 2. The van der Waals surface area contributed by atoms with Gasteiger partial charge in [0.2, 0.25) is 11.8 Å². The lowest BCUT2D eigenvalue weighted by Crippen LogP contribution is -2.50. The molecule has 2 aromatic carbocycles. The van der Waals surface area contributed by atoms with Gasteiger partial charge in [-0.1, -0.05) is 25.1 Å². The Morgan fingerprint density at radius 1 is 1.24 bits per heavy atom. The summed E-state index contributed by atoms with van der Waals surface area (Å²) in [4.78, 5) is 42.6. The van der Waals surface area contributed by atoms with Gasteiger partial charge in [-0.25, -0.2) is 0 Å². The van der Waals surface area contributed by atoms with Crippen molar-refractivity contribution in [3.05, 3.63) is 59.8 Å². The van der Waals surface area contributed by atoms with Crippen molar-refractivity contribution in [3.63, 3.8) is 0 Å². The number of aromatic nitrogens is 1. The molecule has 1 saturated heterocycles. The lowest BCUT2D eigenvalue weighted by Gasteiger charge is -2.44. The van der Waals surface area contributed by atoms with E-state index in [1.54, 1.807) is 12.0 Å². The van der Waals surface area contributed by atoms with E-state index in [0.29, 0.717) is 18.0 Å². The average Bonchev–Trinajstić information content (AvgIpc) is 3.58.